The molecular weight excluding hydrogens is 244 g/mol. The van der Waals surface area contributed by atoms with Gasteiger partial charge in [-0.2, -0.15) is 0 Å². The molecule has 1 aromatic carbocycles. The van der Waals surface area contributed by atoms with Crippen LogP contribution in [0.15, 0.2) is 30.5 Å². The van der Waals surface area contributed by atoms with Crippen LogP contribution in [0.5, 0.6) is 5.75 Å². The maximum Gasteiger partial charge on any atom is 0.140 e. The predicted octanol–water partition coefficient (Wildman–Crippen LogP) is 3.22. The summed E-state index contributed by atoms with van der Waals surface area (Å²) in [6.07, 6.45) is 1.83. The highest BCUT2D eigenvalue weighted by atomic mass is 32.1. The number of nitrogens with zero attached hydrogens (tertiary/aromatic N) is 1. The number of ether oxygens (including phenoxy) is 1. The van der Waals surface area contributed by atoms with E-state index in [4.69, 9.17) is 10.5 Å². The molecule has 0 spiro atoms. The third kappa shape index (κ3) is 3.31. The minimum Gasteiger partial charge on any atom is -0.486 e. The Morgan fingerprint density at radius 1 is 1.28 bits per heavy atom. The monoisotopic (exact) mass is 262 g/mol. The van der Waals surface area contributed by atoms with E-state index in [9.17, 15) is 0 Å². The van der Waals surface area contributed by atoms with Gasteiger partial charge in [-0.15, -0.1) is 11.3 Å². The summed E-state index contributed by atoms with van der Waals surface area (Å²) in [5, 5.41) is 0.948. The van der Waals surface area contributed by atoms with E-state index in [1.54, 1.807) is 11.3 Å². The lowest BCUT2D eigenvalue weighted by molar-refractivity contribution is 0.305. The van der Waals surface area contributed by atoms with E-state index in [1.807, 2.05) is 44.3 Å². The van der Waals surface area contributed by atoms with E-state index >= 15 is 0 Å². The van der Waals surface area contributed by atoms with Crippen LogP contribution in [-0.4, -0.2) is 4.98 Å². The van der Waals surface area contributed by atoms with E-state index in [0.717, 1.165) is 15.6 Å². The molecule has 1 heterocycles. The molecule has 2 rings (SSSR count). The van der Waals surface area contributed by atoms with Gasteiger partial charge < -0.3 is 10.5 Å². The maximum absolute atomic E-state index is 6.02. The van der Waals surface area contributed by atoms with Gasteiger partial charge in [0.25, 0.3) is 0 Å². The number of nitrogens with two attached hydrogens (primary N) is 1. The first-order chi connectivity index (χ1) is 8.45. The fourth-order valence-corrected chi connectivity index (χ4v) is 2.30. The lowest BCUT2D eigenvalue weighted by Gasteiger charge is -2.14. The molecule has 3 nitrogen and oxygen atoms in total. The van der Waals surface area contributed by atoms with Crippen LogP contribution in [0.2, 0.25) is 0 Å². The standard InChI is InChI=1S/C14H18N2OS/c1-10-4-6-11(7-5-10)17-9-13-16-8-12(18-13)14(2,3)15/h4-8H,9,15H2,1-3H3. The van der Waals surface area contributed by atoms with Gasteiger partial charge in [0, 0.05) is 16.6 Å². The molecule has 0 saturated heterocycles. The second kappa shape index (κ2) is 5.08. The summed E-state index contributed by atoms with van der Waals surface area (Å²) in [5.74, 6) is 0.865. The van der Waals surface area contributed by atoms with Crippen LogP contribution >= 0.6 is 11.3 Å². The molecule has 1 aromatic heterocycles. The van der Waals surface area contributed by atoms with Crippen molar-refractivity contribution in [2.24, 2.45) is 5.73 Å². The van der Waals surface area contributed by atoms with Crippen LogP contribution in [0.1, 0.15) is 29.3 Å². The Morgan fingerprint density at radius 2 is 1.94 bits per heavy atom. The molecule has 0 fully saturated rings. The first kappa shape index (κ1) is 13.1. The number of aromatic nitrogens is 1. The van der Waals surface area contributed by atoms with Crippen molar-refractivity contribution >= 4 is 11.3 Å². The zero-order chi connectivity index (χ0) is 13.2. The molecule has 18 heavy (non-hydrogen) atoms. The lowest BCUT2D eigenvalue weighted by Crippen LogP contribution is -2.27. The molecule has 0 atom stereocenters. The van der Waals surface area contributed by atoms with Crippen LogP contribution in [0.25, 0.3) is 0 Å². The Morgan fingerprint density at radius 3 is 2.50 bits per heavy atom. The van der Waals surface area contributed by atoms with E-state index in [1.165, 1.54) is 5.56 Å². The van der Waals surface area contributed by atoms with Crippen molar-refractivity contribution < 1.29 is 4.74 Å². The molecule has 2 N–H and O–H groups in total. The van der Waals surface area contributed by atoms with Gasteiger partial charge in [-0.05, 0) is 32.9 Å². The number of aryl methyl sites for hydroxylation is 1. The topological polar surface area (TPSA) is 48.1 Å². The maximum atomic E-state index is 6.02. The van der Waals surface area contributed by atoms with E-state index in [0.29, 0.717) is 6.61 Å². The Bertz CT molecular complexity index is 511. The van der Waals surface area contributed by atoms with Crippen LogP contribution in [0.3, 0.4) is 0 Å². The van der Waals surface area contributed by atoms with Crippen molar-refractivity contribution in [2.75, 3.05) is 0 Å². The summed E-state index contributed by atoms with van der Waals surface area (Å²) in [6, 6.07) is 8.00. The minimum absolute atomic E-state index is 0.334. The second-order valence-electron chi connectivity index (χ2n) is 4.94. The number of thiazole rings is 1. The van der Waals surface area contributed by atoms with Crippen LogP contribution < -0.4 is 10.5 Å². The van der Waals surface area contributed by atoms with Gasteiger partial charge in [0.1, 0.15) is 17.4 Å². The van der Waals surface area contributed by atoms with E-state index in [2.05, 4.69) is 11.9 Å². The predicted molar refractivity (Wildman–Crippen MR) is 74.8 cm³/mol. The van der Waals surface area contributed by atoms with Crippen LogP contribution in [0, 0.1) is 6.92 Å². The van der Waals surface area contributed by atoms with Crippen molar-refractivity contribution in [1.82, 2.24) is 4.98 Å². The summed E-state index contributed by atoms with van der Waals surface area (Å²) in [4.78, 5) is 5.40. The summed E-state index contributed by atoms with van der Waals surface area (Å²) >= 11 is 1.60. The number of benzene rings is 1. The van der Waals surface area contributed by atoms with Crippen molar-refractivity contribution in [2.45, 2.75) is 32.9 Å². The molecule has 0 aliphatic heterocycles. The van der Waals surface area contributed by atoms with Crippen LogP contribution in [-0.2, 0) is 12.1 Å². The smallest absolute Gasteiger partial charge is 0.140 e. The highest BCUT2D eigenvalue weighted by Crippen LogP contribution is 2.24. The highest BCUT2D eigenvalue weighted by molar-refractivity contribution is 7.11. The van der Waals surface area contributed by atoms with Gasteiger partial charge in [-0.1, -0.05) is 17.7 Å². The fourth-order valence-electron chi connectivity index (χ4n) is 1.45. The first-order valence-electron chi connectivity index (χ1n) is 5.89. The summed E-state index contributed by atoms with van der Waals surface area (Å²) < 4.78 is 5.68. The Balaban J connectivity index is 1.98. The normalized spacial score (nSPS) is 11.6. The Kier molecular flexibility index (Phi) is 3.68. The molecule has 0 saturated carbocycles. The number of hydrogen-bond acceptors (Lipinski definition) is 4. The van der Waals surface area contributed by atoms with Gasteiger partial charge in [0.05, 0.1) is 0 Å². The van der Waals surface area contributed by atoms with E-state index in [-0.39, 0.29) is 5.54 Å². The van der Waals surface area contributed by atoms with Gasteiger partial charge in [0.2, 0.25) is 0 Å². The number of rotatable bonds is 4. The van der Waals surface area contributed by atoms with Crippen molar-refractivity contribution in [3.05, 3.63) is 45.9 Å². The fraction of sp³-hybridized carbons (Fsp3) is 0.357. The average molecular weight is 262 g/mol. The molecule has 0 amide bonds. The number of hydrogen-bond donors (Lipinski definition) is 1. The zero-order valence-corrected chi connectivity index (χ0v) is 11.8. The Hall–Kier alpha value is -1.39. The lowest BCUT2D eigenvalue weighted by atomic mass is 10.1. The quantitative estimate of drug-likeness (QED) is 0.920. The van der Waals surface area contributed by atoms with Crippen molar-refractivity contribution in [3.8, 4) is 5.75 Å². The third-order valence-corrected chi connectivity index (χ3v) is 3.88. The third-order valence-electron chi connectivity index (χ3n) is 2.57. The summed E-state index contributed by atoms with van der Waals surface area (Å²) in [5.41, 5.74) is 6.92. The average Bonchev–Trinajstić information content (AvgIpc) is 2.77. The molecule has 0 aliphatic carbocycles. The summed E-state index contributed by atoms with van der Waals surface area (Å²) in [6.45, 7) is 6.50. The highest BCUT2D eigenvalue weighted by Gasteiger charge is 2.17. The Labute approximate surface area is 112 Å². The summed E-state index contributed by atoms with van der Waals surface area (Å²) in [7, 11) is 0. The zero-order valence-electron chi connectivity index (χ0n) is 10.9. The first-order valence-corrected chi connectivity index (χ1v) is 6.70. The molecule has 0 aliphatic rings. The van der Waals surface area contributed by atoms with Gasteiger partial charge in [0.15, 0.2) is 0 Å². The van der Waals surface area contributed by atoms with Crippen molar-refractivity contribution in [3.63, 3.8) is 0 Å². The molecular formula is C14H18N2OS. The van der Waals surface area contributed by atoms with Crippen LogP contribution in [0.4, 0.5) is 0 Å². The molecule has 0 unspecified atom stereocenters. The molecule has 4 heteroatoms. The molecule has 96 valence electrons. The molecule has 2 aromatic rings. The van der Waals surface area contributed by atoms with Gasteiger partial charge in [-0.25, -0.2) is 4.98 Å². The van der Waals surface area contributed by atoms with Gasteiger partial charge >= 0.3 is 0 Å². The van der Waals surface area contributed by atoms with E-state index < -0.39 is 0 Å². The SMILES string of the molecule is Cc1ccc(OCc2ncc(C(C)(C)N)s2)cc1. The largest absolute Gasteiger partial charge is 0.486 e. The second-order valence-corrected chi connectivity index (χ2v) is 6.06. The van der Waals surface area contributed by atoms with Crippen molar-refractivity contribution in [1.29, 1.82) is 0 Å². The molecule has 0 bridgehead atoms. The minimum atomic E-state index is -0.334. The van der Waals surface area contributed by atoms with Gasteiger partial charge in [-0.3, -0.25) is 0 Å². The molecule has 0 radical (unpaired) electrons.